The maximum atomic E-state index is 12.9. The van der Waals surface area contributed by atoms with Crippen molar-refractivity contribution in [3.63, 3.8) is 0 Å². The standard InChI is InChI=1S/C20H23N3O7/c1-12-16(19(25)29-4)18(14-6-5-7-15(10-14)23(27)28)17(13(2)21-12)20(26)30-9-8-22(3)11-24/h5-7,10-11,16,18H,8-9H2,1-4H3/t16?,18-/m1/s1. The third-order valence-corrected chi connectivity index (χ3v) is 4.80. The van der Waals surface area contributed by atoms with Crippen molar-refractivity contribution in [1.29, 1.82) is 0 Å². The number of aliphatic imine (C=N–C) groups is 1. The predicted octanol–water partition coefficient (Wildman–Crippen LogP) is 1.85. The van der Waals surface area contributed by atoms with Crippen molar-refractivity contribution >= 4 is 29.7 Å². The number of non-ortho nitro benzene ring substituents is 1. The molecule has 1 aromatic carbocycles. The molecule has 0 spiro atoms. The topological polar surface area (TPSA) is 128 Å². The van der Waals surface area contributed by atoms with E-state index in [-0.39, 0.29) is 24.4 Å². The van der Waals surface area contributed by atoms with Crippen molar-refractivity contribution < 1.29 is 28.8 Å². The summed E-state index contributed by atoms with van der Waals surface area (Å²) in [7, 11) is 2.76. The molecule has 30 heavy (non-hydrogen) atoms. The molecule has 1 aliphatic heterocycles. The molecular weight excluding hydrogens is 394 g/mol. The van der Waals surface area contributed by atoms with Crippen molar-refractivity contribution in [2.24, 2.45) is 10.9 Å². The first-order valence-corrected chi connectivity index (χ1v) is 9.12. The Morgan fingerprint density at radius 3 is 2.63 bits per heavy atom. The minimum Gasteiger partial charge on any atom is -0.468 e. The van der Waals surface area contributed by atoms with Crippen LogP contribution in [-0.4, -0.2) is 61.2 Å². The Kier molecular flexibility index (Phi) is 7.40. The molecule has 0 aromatic heterocycles. The van der Waals surface area contributed by atoms with Gasteiger partial charge < -0.3 is 14.4 Å². The molecule has 10 nitrogen and oxygen atoms in total. The number of allylic oxidation sites excluding steroid dienone is 1. The summed E-state index contributed by atoms with van der Waals surface area (Å²) in [5, 5.41) is 11.2. The fourth-order valence-corrected chi connectivity index (χ4v) is 3.34. The predicted molar refractivity (Wildman–Crippen MR) is 107 cm³/mol. The van der Waals surface area contributed by atoms with Gasteiger partial charge in [-0.05, 0) is 19.4 Å². The summed E-state index contributed by atoms with van der Waals surface area (Å²) in [6.07, 6.45) is 0.603. The largest absolute Gasteiger partial charge is 0.468 e. The van der Waals surface area contributed by atoms with Crippen LogP contribution in [0.4, 0.5) is 5.69 Å². The van der Waals surface area contributed by atoms with E-state index in [1.54, 1.807) is 27.0 Å². The second-order valence-electron chi connectivity index (χ2n) is 6.80. The van der Waals surface area contributed by atoms with Gasteiger partial charge in [0.15, 0.2) is 0 Å². The molecule has 0 aliphatic carbocycles. The first-order chi connectivity index (χ1) is 14.2. The lowest BCUT2D eigenvalue weighted by atomic mass is 9.75. The third-order valence-electron chi connectivity index (χ3n) is 4.80. The van der Waals surface area contributed by atoms with Crippen molar-refractivity contribution in [2.75, 3.05) is 27.3 Å². The molecule has 160 valence electrons. The van der Waals surface area contributed by atoms with Crippen LogP contribution >= 0.6 is 0 Å². The van der Waals surface area contributed by atoms with Gasteiger partial charge in [0.1, 0.15) is 12.5 Å². The molecule has 2 rings (SSSR count). The number of ether oxygens (including phenoxy) is 2. The number of esters is 2. The van der Waals surface area contributed by atoms with Gasteiger partial charge in [-0.2, -0.15) is 0 Å². The molecule has 1 aliphatic rings. The van der Waals surface area contributed by atoms with Gasteiger partial charge in [-0.3, -0.25) is 24.7 Å². The summed E-state index contributed by atoms with van der Waals surface area (Å²) in [6, 6.07) is 5.73. The molecule has 2 atom stereocenters. The third kappa shape index (κ3) is 4.88. The van der Waals surface area contributed by atoms with E-state index in [1.807, 2.05) is 0 Å². The molecule has 0 saturated carbocycles. The van der Waals surface area contributed by atoms with Crippen LogP contribution in [0.1, 0.15) is 25.3 Å². The quantitative estimate of drug-likeness (QED) is 0.273. The lowest BCUT2D eigenvalue weighted by molar-refractivity contribution is -0.384. The fraction of sp³-hybridized carbons (Fsp3) is 0.400. The zero-order valence-corrected chi connectivity index (χ0v) is 17.2. The fourth-order valence-electron chi connectivity index (χ4n) is 3.34. The number of benzene rings is 1. The number of methoxy groups -OCH3 is 1. The van der Waals surface area contributed by atoms with E-state index in [9.17, 15) is 24.5 Å². The molecule has 0 saturated heterocycles. The Hall–Kier alpha value is -3.56. The smallest absolute Gasteiger partial charge is 0.336 e. The molecule has 1 amide bonds. The van der Waals surface area contributed by atoms with Crippen LogP contribution in [0.15, 0.2) is 40.5 Å². The molecule has 0 N–H and O–H groups in total. The first kappa shape index (κ1) is 22.7. The van der Waals surface area contributed by atoms with E-state index >= 15 is 0 Å². The summed E-state index contributed by atoms with van der Waals surface area (Å²) in [5.41, 5.74) is 1.11. The number of nitro groups is 1. The van der Waals surface area contributed by atoms with Gasteiger partial charge in [0.25, 0.3) is 5.69 Å². The average molecular weight is 417 g/mol. The number of amides is 1. The lowest BCUT2D eigenvalue weighted by Gasteiger charge is -2.31. The van der Waals surface area contributed by atoms with E-state index in [0.717, 1.165) is 0 Å². The van der Waals surface area contributed by atoms with Crippen LogP contribution in [-0.2, 0) is 23.9 Å². The van der Waals surface area contributed by atoms with Gasteiger partial charge in [-0.1, -0.05) is 12.1 Å². The maximum absolute atomic E-state index is 12.9. The van der Waals surface area contributed by atoms with Crippen LogP contribution in [0.25, 0.3) is 0 Å². The summed E-state index contributed by atoms with van der Waals surface area (Å²) in [5.74, 6) is -3.15. The van der Waals surface area contributed by atoms with Gasteiger partial charge in [0, 0.05) is 36.5 Å². The summed E-state index contributed by atoms with van der Waals surface area (Å²) >= 11 is 0. The van der Waals surface area contributed by atoms with Crippen LogP contribution < -0.4 is 0 Å². The minimum absolute atomic E-state index is 0.0574. The Bertz CT molecular complexity index is 923. The SMILES string of the molecule is COC(=O)C1C(C)=NC(C)=C(C(=O)OCCN(C)C=O)[C@@H]1c1cccc([N+](=O)[O-])c1. The Labute approximate surface area is 173 Å². The number of hydrogen-bond donors (Lipinski definition) is 0. The number of carbonyl (C=O) groups is 3. The highest BCUT2D eigenvalue weighted by Crippen LogP contribution is 2.40. The highest BCUT2D eigenvalue weighted by atomic mass is 16.6. The second kappa shape index (κ2) is 9.77. The van der Waals surface area contributed by atoms with E-state index in [1.165, 1.54) is 30.2 Å². The van der Waals surface area contributed by atoms with Gasteiger partial charge in [-0.25, -0.2) is 4.79 Å². The van der Waals surface area contributed by atoms with E-state index < -0.39 is 28.7 Å². The van der Waals surface area contributed by atoms with Crippen molar-refractivity contribution in [3.05, 3.63) is 51.2 Å². The Morgan fingerprint density at radius 1 is 1.33 bits per heavy atom. The van der Waals surface area contributed by atoms with E-state index in [2.05, 4.69) is 4.99 Å². The highest BCUT2D eigenvalue weighted by molar-refractivity contribution is 6.07. The summed E-state index contributed by atoms with van der Waals surface area (Å²) in [6.45, 7) is 3.37. The first-order valence-electron chi connectivity index (χ1n) is 9.12. The van der Waals surface area contributed by atoms with Gasteiger partial charge >= 0.3 is 11.9 Å². The lowest BCUT2D eigenvalue weighted by Crippen LogP contribution is -2.36. The summed E-state index contributed by atoms with van der Waals surface area (Å²) in [4.78, 5) is 52.5. The molecule has 1 aromatic rings. The van der Waals surface area contributed by atoms with Crippen LogP contribution in [0.3, 0.4) is 0 Å². The molecule has 1 unspecified atom stereocenters. The number of carbonyl (C=O) groups excluding carboxylic acids is 3. The van der Waals surface area contributed by atoms with E-state index in [4.69, 9.17) is 9.47 Å². The van der Waals surface area contributed by atoms with Crippen LogP contribution in [0.5, 0.6) is 0 Å². The molecule has 0 fully saturated rings. The molecular formula is C20H23N3O7. The average Bonchev–Trinajstić information content (AvgIpc) is 2.72. The molecule has 0 bridgehead atoms. The minimum atomic E-state index is -0.944. The summed E-state index contributed by atoms with van der Waals surface area (Å²) < 4.78 is 10.2. The monoisotopic (exact) mass is 417 g/mol. The number of nitro benzene ring substituents is 1. The van der Waals surface area contributed by atoms with Crippen molar-refractivity contribution in [1.82, 2.24) is 4.90 Å². The number of rotatable bonds is 8. The Morgan fingerprint density at radius 2 is 2.03 bits per heavy atom. The van der Waals surface area contributed by atoms with Crippen molar-refractivity contribution in [2.45, 2.75) is 19.8 Å². The van der Waals surface area contributed by atoms with Gasteiger partial charge in [0.05, 0.1) is 24.2 Å². The molecule has 1 heterocycles. The zero-order chi connectivity index (χ0) is 22.4. The van der Waals surface area contributed by atoms with Crippen LogP contribution in [0.2, 0.25) is 0 Å². The van der Waals surface area contributed by atoms with Gasteiger partial charge in [0.2, 0.25) is 6.41 Å². The second-order valence-corrected chi connectivity index (χ2v) is 6.80. The molecule has 10 heteroatoms. The van der Waals surface area contributed by atoms with E-state index in [0.29, 0.717) is 23.4 Å². The maximum Gasteiger partial charge on any atom is 0.336 e. The number of hydrogen-bond acceptors (Lipinski definition) is 8. The van der Waals surface area contributed by atoms with Gasteiger partial charge in [-0.15, -0.1) is 0 Å². The normalized spacial score (nSPS) is 18.3. The Balaban J connectivity index is 2.51. The zero-order valence-electron chi connectivity index (χ0n) is 17.2. The molecule has 0 radical (unpaired) electrons. The van der Waals surface area contributed by atoms with Crippen LogP contribution in [0, 0.1) is 16.0 Å². The highest BCUT2D eigenvalue weighted by Gasteiger charge is 2.42. The number of nitrogens with zero attached hydrogens (tertiary/aromatic N) is 3. The van der Waals surface area contributed by atoms with Crippen molar-refractivity contribution in [3.8, 4) is 0 Å². The number of likely N-dealkylation sites (N-methyl/N-ethyl adjacent to an activating group) is 1.